The van der Waals surface area contributed by atoms with Gasteiger partial charge >= 0.3 is 0 Å². The first-order chi connectivity index (χ1) is 9.58. The average Bonchev–Trinajstić information content (AvgIpc) is 2.82. The quantitative estimate of drug-likeness (QED) is 0.838. The van der Waals surface area contributed by atoms with Gasteiger partial charge in [-0.2, -0.15) is 0 Å². The van der Waals surface area contributed by atoms with Crippen molar-refractivity contribution >= 4 is 33.6 Å². The fraction of sp³-hybridized carbons (Fsp3) is 0.308. The van der Waals surface area contributed by atoms with Crippen molar-refractivity contribution in [2.75, 3.05) is 5.75 Å². The Hall–Kier alpha value is -1.34. The van der Waals surface area contributed by atoms with Crippen molar-refractivity contribution in [3.8, 4) is 0 Å². The molecular formula is C13H15BrN4OS. The number of carbonyl (C=O) groups is 1. The number of halogens is 1. The van der Waals surface area contributed by atoms with Gasteiger partial charge in [0.1, 0.15) is 6.33 Å². The van der Waals surface area contributed by atoms with E-state index in [9.17, 15) is 4.79 Å². The predicted octanol–water partition coefficient (Wildman–Crippen LogP) is 2.55. The van der Waals surface area contributed by atoms with Crippen LogP contribution in [0.1, 0.15) is 18.5 Å². The molecule has 0 fully saturated rings. The van der Waals surface area contributed by atoms with Crippen LogP contribution in [0.3, 0.4) is 0 Å². The number of aryl methyl sites for hydroxylation is 1. The highest BCUT2D eigenvalue weighted by molar-refractivity contribution is 9.10. The van der Waals surface area contributed by atoms with Crippen LogP contribution in [0.25, 0.3) is 0 Å². The lowest BCUT2D eigenvalue weighted by atomic mass is 10.1. The molecule has 0 saturated carbocycles. The Kier molecular flexibility index (Phi) is 5.19. The smallest absolute Gasteiger partial charge is 0.230 e. The van der Waals surface area contributed by atoms with Gasteiger partial charge in [0.15, 0.2) is 5.16 Å². The van der Waals surface area contributed by atoms with Crippen molar-refractivity contribution in [1.29, 1.82) is 0 Å². The molecule has 1 aromatic carbocycles. The van der Waals surface area contributed by atoms with Crippen molar-refractivity contribution in [3.63, 3.8) is 0 Å². The lowest BCUT2D eigenvalue weighted by Crippen LogP contribution is -2.28. The van der Waals surface area contributed by atoms with Crippen molar-refractivity contribution in [1.82, 2.24) is 20.1 Å². The van der Waals surface area contributed by atoms with E-state index in [0.29, 0.717) is 5.75 Å². The van der Waals surface area contributed by atoms with E-state index >= 15 is 0 Å². The number of amides is 1. The number of hydrogen-bond acceptors (Lipinski definition) is 4. The average molecular weight is 355 g/mol. The van der Waals surface area contributed by atoms with Gasteiger partial charge < -0.3 is 9.88 Å². The number of rotatable bonds is 5. The first-order valence-corrected chi connectivity index (χ1v) is 7.86. The fourth-order valence-corrected chi connectivity index (χ4v) is 3.05. The maximum absolute atomic E-state index is 11.9. The second kappa shape index (κ2) is 6.90. The molecule has 2 aromatic rings. The molecule has 0 aliphatic heterocycles. The monoisotopic (exact) mass is 354 g/mol. The summed E-state index contributed by atoms with van der Waals surface area (Å²) in [5.74, 6) is 0.294. The number of nitrogens with zero attached hydrogens (tertiary/aromatic N) is 3. The van der Waals surface area contributed by atoms with Crippen LogP contribution in [0.5, 0.6) is 0 Å². The Morgan fingerprint density at radius 3 is 2.90 bits per heavy atom. The summed E-state index contributed by atoms with van der Waals surface area (Å²) in [6.45, 7) is 1.96. The van der Waals surface area contributed by atoms with E-state index in [1.165, 1.54) is 11.8 Å². The maximum Gasteiger partial charge on any atom is 0.230 e. The van der Waals surface area contributed by atoms with Gasteiger partial charge in [0.05, 0.1) is 11.8 Å². The Bertz CT molecular complexity index is 602. The second-order valence-corrected chi connectivity index (χ2v) is 6.12. The zero-order chi connectivity index (χ0) is 14.5. The molecular weight excluding hydrogens is 340 g/mol. The number of carbonyl (C=O) groups excluding carboxylic acids is 1. The summed E-state index contributed by atoms with van der Waals surface area (Å²) < 4.78 is 2.78. The number of hydrogen-bond donors (Lipinski definition) is 1. The molecule has 2 rings (SSSR count). The fourth-order valence-electron chi connectivity index (χ4n) is 1.72. The molecule has 5 nitrogen and oxygen atoms in total. The normalized spacial score (nSPS) is 12.2. The molecule has 1 N–H and O–H groups in total. The molecule has 0 aliphatic rings. The third-order valence-corrected chi connectivity index (χ3v) is 4.51. The van der Waals surface area contributed by atoms with E-state index in [-0.39, 0.29) is 11.9 Å². The van der Waals surface area contributed by atoms with Gasteiger partial charge in [0.25, 0.3) is 0 Å². The largest absolute Gasteiger partial charge is 0.349 e. The third kappa shape index (κ3) is 3.83. The summed E-state index contributed by atoms with van der Waals surface area (Å²) in [6.07, 6.45) is 1.62. The van der Waals surface area contributed by atoms with Gasteiger partial charge in [-0.15, -0.1) is 10.2 Å². The van der Waals surface area contributed by atoms with Crippen LogP contribution in [0.4, 0.5) is 0 Å². The van der Waals surface area contributed by atoms with Crippen LogP contribution in [0.2, 0.25) is 0 Å². The molecule has 0 spiro atoms. The molecule has 0 radical (unpaired) electrons. The number of aromatic nitrogens is 3. The van der Waals surface area contributed by atoms with Gasteiger partial charge in [0.2, 0.25) is 5.91 Å². The van der Waals surface area contributed by atoms with Gasteiger partial charge in [-0.3, -0.25) is 4.79 Å². The Balaban J connectivity index is 1.88. The summed E-state index contributed by atoms with van der Waals surface area (Å²) in [6, 6.07) is 7.82. The third-order valence-electron chi connectivity index (χ3n) is 2.75. The van der Waals surface area contributed by atoms with Crippen LogP contribution in [-0.2, 0) is 11.8 Å². The lowest BCUT2D eigenvalue weighted by molar-refractivity contribution is -0.119. The topological polar surface area (TPSA) is 59.8 Å². The Labute approximate surface area is 130 Å². The van der Waals surface area contributed by atoms with Crippen molar-refractivity contribution < 1.29 is 4.79 Å². The number of benzene rings is 1. The van der Waals surface area contributed by atoms with Crippen molar-refractivity contribution in [2.24, 2.45) is 7.05 Å². The zero-order valence-electron chi connectivity index (χ0n) is 11.2. The molecule has 106 valence electrons. The summed E-state index contributed by atoms with van der Waals surface area (Å²) in [7, 11) is 1.85. The van der Waals surface area contributed by atoms with Crippen LogP contribution >= 0.6 is 27.7 Å². The SMILES string of the molecule is C[C@H](NC(=O)CSc1nncn1C)c1ccccc1Br. The summed E-state index contributed by atoms with van der Waals surface area (Å²) in [5.41, 5.74) is 1.06. The molecule has 1 aromatic heterocycles. The van der Waals surface area contributed by atoms with Crippen LogP contribution in [0, 0.1) is 0 Å². The van der Waals surface area contributed by atoms with Gasteiger partial charge in [-0.1, -0.05) is 45.9 Å². The second-order valence-electron chi connectivity index (χ2n) is 4.32. The minimum absolute atomic E-state index is 0.0266. The van der Waals surface area contributed by atoms with Crippen molar-refractivity contribution in [2.45, 2.75) is 18.1 Å². The van der Waals surface area contributed by atoms with E-state index in [4.69, 9.17) is 0 Å². The van der Waals surface area contributed by atoms with Crippen LogP contribution < -0.4 is 5.32 Å². The molecule has 0 bridgehead atoms. The Morgan fingerprint density at radius 1 is 1.50 bits per heavy atom. The standard InChI is InChI=1S/C13H15BrN4OS/c1-9(10-5-3-4-6-11(10)14)16-12(19)7-20-13-17-15-8-18(13)2/h3-6,8-9H,7H2,1-2H3,(H,16,19)/t9-/m0/s1. The van der Waals surface area contributed by atoms with E-state index < -0.39 is 0 Å². The van der Waals surface area contributed by atoms with Crippen molar-refractivity contribution in [3.05, 3.63) is 40.6 Å². The van der Waals surface area contributed by atoms with Gasteiger partial charge in [-0.05, 0) is 18.6 Å². The van der Waals surface area contributed by atoms with E-state index in [1.807, 2.05) is 38.2 Å². The minimum atomic E-state index is -0.0434. The predicted molar refractivity (Wildman–Crippen MR) is 82.4 cm³/mol. The van der Waals surface area contributed by atoms with Crippen LogP contribution in [-0.4, -0.2) is 26.4 Å². The molecule has 7 heteroatoms. The molecule has 0 saturated heterocycles. The number of nitrogens with one attached hydrogen (secondary N) is 1. The van der Waals surface area contributed by atoms with E-state index in [1.54, 1.807) is 10.9 Å². The summed E-state index contributed by atoms with van der Waals surface area (Å²) in [5, 5.41) is 11.4. The highest BCUT2D eigenvalue weighted by atomic mass is 79.9. The van der Waals surface area contributed by atoms with E-state index in [0.717, 1.165) is 15.2 Å². The first-order valence-electron chi connectivity index (χ1n) is 6.08. The van der Waals surface area contributed by atoms with Crippen LogP contribution in [0.15, 0.2) is 40.2 Å². The minimum Gasteiger partial charge on any atom is -0.349 e. The molecule has 0 unspecified atom stereocenters. The zero-order valence-corrected chi connectivity index (χ0v) is 13.6. The maximum atomic E-state index is 11.9. The molecule has 0 aliphatic carbocycles. The molecule has 1 amide bonds. The van der Waals surface area contributed by atoms with Gasteiger partial charge in [0, 0.05) is 11.5 Å². The molecule has 20 heavy (non-hydrogen) atoms. The Morgan fingerprint density at radius 2 is 2.25 bits per heavy atom. The summed E-state index contributed by atoms with van der Waals surface area (Å²) >= 11 is 4.86. The number of thioether (sulfide) groups is 1. The molecule has 1 atom stereocenters. The van der Waals surface area contributed by atoms with E-state index in [2.05, 4.69) is 31.4 Å². The van der Waals surface area contributed by atoms with Gasteiger partial charge in [-0.25, -0.2) is 0 Å². The highest BCUT2D eigenvalue weighted by Gasteiger charge is 2.13. The first kappa shape index (κ1) is 15.1. The molecule has 1 heterocycles. The highest BCUT2D eigenvalue weighted by Crippen LogP contribution is 2.23. The lowest BCUT2D eigenvalue weighted by Gasteiger charge is -2.15. The summed E-state index contributed by atoms with van der Waals surface area (Å²) in [4.78, 5) is 11.9.